The number of alkyl halides is 2. The molecule has 1 amide bonds. The Morgan fingerprint density at radius 2 is 1.81 bits per heavy atom. The summed E-state index contributed by atoms with van der Waals surface area (Å²) in [7, 11) is -3.41. The van der Waals surface area contributed by atoms with Gasteiger partial charge in [0.25, 0.3) is 5.91 Å². The number of allylic oxidation sites excluding steroid dienone is 1. The van der Waals surface area contributed by atoms with E-state index in [0.29, 0.717) is 18.1 Å². The van der Waals surface area contributed by atoms with Gasteiger partial charge in [-0.2, -0.15) is 0 Å². The smallest absolute Gasteiger partial charge is 0.257 e. The van der Waals surface area contributed by atoms with Gasteiger partial charge in [0.15, 0.2) is 15.7 Å². The van der Waals surface area contributed by atoms with Crippen molar-refractivity contribution in [2.75, 3.05) is 18.2 Å². The molecule has 1 aromatic carbocycles. The molecule has 1 aliphatic carbocycles. The van der Waals surface area contributed by atoms with Gasteiger partial charge in [-0.3, -0.25) is 4.79 Å². The molecule has 3 rings (SSSR count). The summed E-state index contributed by atoms with van der Waals surface area (Å²) in [5.41, 5.74) is 0.591. The fourth-order valence-electron chi connectivity index (χ4n) is 3.37. The van der Waals surface area contributed by atoms with Crippen LogP contribution in [0.3, 0.4) is 0 Å². The van der Waals surface area contributed by atoms with Gasteiger partial charge < -0.3 is 10.1 Å². The van der Waals surface area contributed by atoms with Crippen LogP contribution in [-0.4, -0.2) is 49.5 Å². The first-order valence-electron chi connectivity index (χ1n) is 10.2. The van der Waals surface area contributed by atoms with Crippen LogP contribution in [-0.2, 0) is 14.6 Å². The second kappa shape index (κ2) is 10.2. The fraction of sp³-hybridized carbons (Fsp3) is 0.409. The van der Waals surface area contributed by atoms with Crippen molar-refractivity contribution < 1.29 is 26.7 Å². The number of aromatic nitrogens is 2. The van der Waals surface area contributed by atoms with Gasteiger partial charge in [-0.1, -0.05) is 25.1 Å². The highest BCUT2D eigenvalue weighted by atomic mass is 32.2. The van der Waals surface area contributed by atoms with E-state index in [4.69, 9.17) is 4.74 Å². The van der Waals surface area contributed by atoms with Crippen LogP contribution >= 0.6 is 0 Å². The molecule has 0 bridgehead atoms. The summed E-state index contributed by atoms with van der Waals surface area (Å²) in [6.45, 7) is 2.45. The topological polar surface area (TPSA) is 98.2 Å². The third-order valence-electron chi connectivity index (χ3n) is 5.01. The number of nitrogens with zero attached hydrogens (tertiary/aromatic N) is 2. The minimum atomic E-state index is -3.41. The van der Waals surface area contributed by atoms with Crippen LogP contribution in [0.1, 0.15) is 31.7 Å². The molecule has 2 unspecified atom stereocenters. The molecule has 0 radical (unpaired) electrons. The standard InChI is InChI=1S/C22H25F2N3O4S/c1-3-8-31-21-13-25-20(12-26-21)27-22(28)17(9-14-10-18(23)19(24)11-14)15-4-6-16(7-5-15)32(2,29)30/h4-7,9,12-14,18-19H,3,8,10-11H2,1-2H3,(H,25,27,28)/b17-9+. The minimum Gasteiger partial charge on any atom is -0.477 e. The highest BCUT2D eigenvalue weighted by Gasteiger charge is 2.34. The number of amides is 1. The highest BCUT2D eigenvalue weighted by molar-refractivity contribution is 7.90. The van der Waals surface area contributed by atoms with Crippen LogP contribution in [0.2, 0.25) is 0 Å². The molecule has 10 heteroatoms. The molecular weight excluding hydrogens is 440 g/mol. The maximum atomic E-state index is 13.7. The van der Waals surface area contributed by atoms with Gasteiger partial charge >= 0.3 is 0 Å². The number of sulfone groups is 1. The first-order chi connectivity index (χ1) is 15.2. The molecular formula is C22H25F2N3O4S. The molecule has 2 atom stereocenters. The minimum absolute atomic E-state index is 0.0252. The summed E-state index contributed by atoms with van der Waals surface area (Å²) < 4.78 is 56.2. The number of carbonyl (C=O) groups excluding carboxylic acids is 1. The maximum Gasteiger partial charge on any atom is 0.257 e. The van der Waals surface area contributed by atoms with Crippen molar-refractivity contribution in [3.63, 3.8) is 0 Å². The van der Waals surface area contributed by atoms with Crippen LogP contribution in [0.5, 0.6) is 5.88 Å². The molecule has 0 saturated heterocycles. The number of rotatable bonds is 8. The Morgan fingerprint density at radius 1 is 1.16 bits per heavy atom. The Labute approximate surface area is 185 Å². The molecule has 32 heavy (non-hydrogen) atoms. The summed E-state index contributed by atoms with van der Waals surface area (Å²) in [6.07, 6.45) is 2.96. The van der Waals surface area contributed by atoms with Crippen molar-refractivity contribution in [1.82, 2.24) is 9.97 Å². The number of carbonyl (C=O) groups is 1. The monoisotopic (exact) mass is 465 g/mol. The van der Waals surface area contributed by atoms with Crippen LogP contribution < -0.4 is 10.1 Å². The number of benzene rings is 1. The van der Waals surface area contributed by atoms with Crippen molar-refractivity contribution >= 4 is 27.1 Å². The Kier molecular flexibility index (Phi) is 7.55. The largest absolute Gasteiger partial charge is 0.477 e. The first-order valence-corrected chi connectivity index (χ1v) is 12.1. The van der Waals surface area contributed by atoms with E-state index in [1.807, 2.05) is 6.92 Å². The van der Waals surface area contributed by atoms with Gasteiger partial charge in [-0.15, -0.1) is 0 Å². The lowest BCUT2D eigenvalue weighted by Crippen LogP contribution is -2.16. The van der Waals surface area contributed by atoms with E-state index in [9.17, 15) is 22.0 Å². The Balaban J connectivity index is 1.85. The highest BCUT2D eigenvalue weighted by Crippen LogP contribution is 2.34. The molecule has 7 nitrogen and oxygen atoms in total. The molecule has 172 valence electrons. The summed E-state index contributed by atoms with van der Waals surface area (Å²) in [5, 5.41) is 2.62. The van der Waals surface area contributed by atoms with Crippen molar-refractivity contribution in [3.05, 3.63) is 48.3 Å². The third-order valence-corrected chi connectivity index (χ3v) is 6.14. The van der Waals surface area contributed by atoms with E-state index in [2.05, 4.69) is 15.3 Å². The lowest BCUT2D eigenvalue weighted by Gasteiger charge is -2.12. The Hall–Kier alpha value is -2.88. The number of hydrogen-bond acceptors (Lipinski definition) is 6. The van der Waals surface area contributed by atoms with E-state index < -0.39 is 34.0 Å². The summed E-state index contributed by atoms with van der Waals surface area (Å²) in [6, 6.07) is 5.75. The predicted molar refractivity (Wildman–Crippen MR) is 116 cm³/mol. The molecule has 1 aromatic heterocycles. The van der Waals surface area contributed by atoms with Crippen molar-refractivity contribution in [3.8, 4) is 5.88 Å². The van der Waals surface area contributed by atoms with E-state index in [0.717, 1.165) is 12.7 Å². The quantitative estimate of drug-likeness (QED) is 0.596. The lowest BCUT2D eigenvalue weighted by atomic mass is 9.98. The average Bonchev–Trinajstić information content (AvgIpc) is 3.08. The number of halogens is 2. The fourth-order valence-corrected chi connectivity index (χ4v) is 4.00. The van der Waals surface area contributed by atoms with E-state index >= 15 is 0 Å². The average molecular weight is 466 g/mol. The molecule has 2 aromatic rings. The molecule has 1 N–H and O–H groups in total. The van der Waals surface area contributed by atoms with Crippen LogP contribution in [0.15, 0.2) is 47.6 Å². The lowest BCUT2D eigenvalue weighted by molar-refractivity contribution is -0.111. The van der Waals surface area contributed by atoms with Crippen LogP contribution in [0.4, 0.5) is 14.6 Å². The van der Waals surface area contributed by atoms with Crippen molar-refractivity contribution in [1.29, 1.82) is 0 Å². The summed E-state index contributed by atoms with van der Waals surface area (Å²) in [5.74, 6) is -0.515. The summed E-state index contributed by atoms with van der Waals surface area (Å²) >= 11 is 0. The predicted octanol–water partition coefficient (Wildman–Crippen LogP) is 3.78. The zero-order chi connectivity index (χ0) is 23.3. The number of ether oxygens (including phenoxy) is 1. The van der Waals surface area contributed by atoms with Crippen LogP contribution in [0.25, 0.3) is 5.57 Å². The van der Waals surface area contributed by atoms with Gasteiger partial charge in [0.1, 0.15) is 12.3 Å². The van der Waals surface area contributed by atoms with Crippen molar-refractivity contribution in [2.24, 2.45) is 5.92 Å². The number of anilines is 1. The first kappa shape index (κ1) is 23.8. The normalized spacial score (nSPS) is 21.4. The van der Waals surface area contributed by atoms with Gasteiger partial charge in [-0.25, -0.2) is 27.2 Å². The zero-order valence-electron chi connectivity index (χ0n) is 17.8. The third kappa shape index (κ3) is 6.09. The molecule has 0 spiro atoms. The molecule has 1 fully saturated rings. The van der Waals surface area contributed by atoms with Gasteiger partial charge in [0.2, 0.25) is 5.88 Å². The van der Waals surface area contributed by atoms with E-state index in [1.54, 1.807) is 0 Å². The second-order valence-electron chi connectivity index (χ2n) is 7.68. The maximum absolute atomic E-state index is 13.7. The molecule has 1 aliphatic rings. The Morgan fingerprint density at radius 3 is 2.34 bits per heavy atom. The van der Waals surface area contributed by atoms with Gasteiger partial charge in [0.05, 0.1) is 23.9 Å². The van der Waals surface area contributed by atoms with Crippen molar-refractivity contribution in [2.45, 2.75) is 43.4 Å². The number of nitrogens with one attached hydrogen (secondary N) is 1. The zero-order valence-corrected chi connectivity index (χ0v) is 18.6. The molecule has 1 saturated carbocycles. The summed E-state index contributed by atoms with van der Waals surface area (Å²) in [4.78, 5) is 21.3. The van der Waals surface area contributed by atoms with E-state index in [1.165, 1.54) is 42.7 Å². The van der Waals surface area contributed by atoms with Gasteiger partial charge in [-0.05, 0) is 42.9 Å². The molecule has 1 heterocycles. The van der Waals surface area contributed by atoms with Gasteiger partial charge in [0, 0.05) is 11.8 Å². The molecule has 0 aliphatic heterocycles. The SMILES string of the molecule is CCCOc1cnc(NC(=O)/C(=C/C2CC(F)C(F)C2)c2ccc(S(C)(=O)=O)cc2)cn1. The van der Waals surface area contributed by atoms with Crippen LogP contribution in [0, 0.1) is 5.92 Å². The Bertz CT molecular complexity index is 1060. The number of hydrogen-bond donors (Lipinski definition) is 1. The second-order valence-corrected chi connectivity index (χ2v) is 9.70. The van der Waals surface area contributed by atoms with E-state index in [-0.39, 0.29) is 29.1 Å².